The molecule has 0 aliphatic carbocycles. The summed E-state index contributed by atoms with van der Waals surface area (Å²) >= 11 is 0. The maximum atomic E-state index is 12.1. The van der Waals surface area contributed by atoms with Gasteiger partial charge in [-0.1, -0.05) is 6.07 Å². The normalized spacial score (nSPS) is 10.8. The van der Waals surface area contributed by atoms with Gasteiger partial charge in [-0.15, -0.1) is 0 Å². The largest absolute Gasteiger partial charge is 0.497 e. The molecule has 27 heavy (non-hydrogen) atoms. The predicted molar refractivity (Wildman–Crippen MR) is 96.3 cm³/mol. The molecule has 144 valence electrons. The van der Waals surface area contributed by atoms with E-state index in [4.69, 9.17) is 19.3 Å². The van der Waals surface area contributed by atoms with Crippen molar-refractivity contribution >= 4 is 27.6 Å². The van der Waals surface area contributed by atoms with Crippen molar-refractivity contribution in [2.24, 2.45) is 5.14 Å². The van der Waals surface area contributed by atoms with Crippen LogP contribution in [-0.4, -0.2) is 41.1 Å². The Morgan fingerprint density at radius 2 is 1.67 bits per heavy atom. The third-order valence-corrected chi connectivity index (χ3v) is 4.28. The van der Waals surface area contributed by atoms with Crippen LogP contribution in [0.25, 0.3) is 0 Å². The number of rotatable bonds is 7. The lowest BCUT2D eigenvalue weighted by molar-refractivity contribution is -0.119. The average molecular weight is 394 g/mol. The SMILES string of the molecule is COc1cc(OC)cc(C(=O)OCC(=O)Nc2cccc(S(N)(=O)=O)c2)c1. The number of ether oxygens (including phenoxy) is 3. The van der Waals surface area contributed by atoms with E-state index in [1.165, 1.54) is 50.6 Å². The van der Waals surface area contributed by atoms with Crippen LogP contribution in [-0.2, 0) is 19.6 Å². The minimum absolute atomic E-state index is 0.148. The number of carbonyl (C=O) groups is 2. The first-order chi connectivity index (χ1) is 12.7. The lowest BCUT2D eigenvalue weighted by atomic mass is 10.2. The molecule has 0 atom stereocenters. The molecule has 0 radical (unpaired) electrons. The molecule has 2 aromatic rings. The number of esters is 1. The molecule has 0 aliphatic rings. The van der Waals surface area contributed by atoms with E-state index >= 15 is 0 Å². The fourth-order valence-corrected chi connectivity index (χ4v) is 2.65. The molecule has 0 saturated heterocycles. The van der Waals surface area contributed by atoms with Crippen LogP contribution in [0.2, 0.25) is 0 Å². The predicted octanol–water partition coefficient (Wildman–Crippen LogP) is 1.15. The molecule has 3 N–H and O–H groups in total. The highest BCUT2D eigenvalue weighted by atomic mass is 32.2. The van der Waals surface area contributed by atoms with Crippen LogP contribution in [0.4, 0.5) is 5.69 Å². The van der Waals surface area contributed by atoms with Gasteiger partial charge in [-0.05, 0) is 30.3 Å². The Labute approximate surface area is 156 Å². The zero-order valence-electron chi connectivity index (χ0n) is 14.6. The van der Waals surface area contributed by atoms with Gasteiger partial charge in [0.15, 0.2) is 6.61 Å². The van der Waals surface area contributed by atoms with E-state index in [0.717, 1.165) is 0 Å². The molecule has 9 nitrogen and oxygen atoms in total. The monoisotopic (exact) mass is 394 g/mol. The molecule has 0 saturated carbocycles. The smallest absolute Gasteiger partial charge is 0.338 e. The zero-order chi connectivity index (χ0) is 20.0. The average Bonchev–Trinajstić information content (AvgIpc) is 2.65. The highest BCUT2D eigenvalue weighted by Gasteiger charge is 2.14. The van der Waals surface area contributed by atoms with Crippen LogP contribution in [0.5, 0.6) is 11.5 Å². The Morgan fingerprint density at radius 1 is 1.04 bits per heavy atom. The van der Waals surface area contributed by atoms with E-state index in [1.54, 1.807) is 6.07 Å². The molecule has 0 aromatic heterocycles. The summed E-state index contributed by atoms with van der Waals surface area (Å²) in [6.45, 7) is -0.571. The van der Waals surface area contributed by atoms with Crippen molar-refractivity contribution < 1.29 is 32.2 Å². The molecular formula is C17H18N2O7S. The number of methoxy groups -OCH3 is 2. The first-order valence-corrected chi connectivity index (χ1v) is 9.10. The van der Waals surface area contributed by atoms with Gasteiger partial charge in [0.05, 0.1) is 24.7 Å². The third-order valence-electron chi connectivity index (χ3n) is 3.37. The van der Waals surface area contributed by atoms with Crippen LogP contribution in [0, 0.1) is 0 Å². The number of hydrogen-bond donors (Lipinski definition) is 2. The second kappa shape index (κ2) is 8.52. The first kappa shape index (κ1) is 20.2. The van der Waals surface area contributed by atoms with E-state index in [0.29, 0.717) is 11.5 Å². The summed E-state index contributed by atoms with van der Waals surface area (Å²) in [6, 6.07) is 9.85. The van der Waals surface area contributed by atoms with Gasteiger partial charge in [0.1, 0.15) is 11.5 Å². The van der Waals surface area contributed by atoms with Crippen molar-refractivity contribution in [2.75, 3.05) is 26.1 Å². The standard InChI is InChI=1S/C17H18N2O7S/c1-24-13-6-11(7-14(9-13)25-2)17(21)26-10-16(20)19-12-4-3-5-15(8-12)27(18,22)23/h3-9H,10H2,1-2H3,(H,19,20)(H2,18,22,23). The van der Waals surface area contributed by atoms with E-state index in [-0.39, 0.29) is 16.1 Å². The van der Waals surface area contributed by atoms with Crippen molar-refractivity contribution in [3.05, 3.63) is 48.0 Å². The summed E-state index contributed by atoms with van der Waals surface area (Å²) < 4.78 is 37.7. The Balaban J connectivity index is 2.01. The molecule has 10 heteroatoms. The van der Waals surface area contributed by atoms with Crippen LogP contribution in [0.3, 0.4) is 0 Å². The lowest BCUT2D eigenvalue weighted by Crippen LogP contribution is -2.21. The first-order valence-electron chi connectivity index (χ1n) is 7.56. The third kappa shape index (κ3) is 5.69. The van der Waals surface area contributed by atoms with Gasteiger partial charge in [-0.2, -0.15) is 0 Å². The maximum absolute atomic E-state index is 12.1. The van der Waals surface area contributed by atoms with Crippen molar-refractivity contribution in [1.82, 2.24) is 0 Å². The van der Waals surface area contributed by atoms with Gasteiger partial charge in [0.25, 0.3) is 5.91 Å². The summed E-state index contributed by atoms with van der Waals surface area (Å²) in [4.78, 5) is 23.9. The molecular weight excluding hydrogens is 376 g/mol. The Kier molecular flexibility index (Phi) is 6.37. The Bertz CT molecular complexity index is 935. The number of anilines is 1. The Hall–Kier alpha value is -3.11. The summed E-state index contributed by atoms with van der Waals surface area (Å²) in [6.07, 6.45) is 0. The minimum Gasteiger partial charge on any atom is -0.497 e. The summed E-state index contributed by atoms with van der Waals surface area (Å²) in [5.74, 6) is -0.610. The van der Waals surface area contributed by atoms with Gasteiger partial charge >= 0.3 is 5.97 Å². The highest BCUT2D eigenvalue weighted by molar-refractivity contribution is 7.89. The number of nitrogens with two attached hydrogens (primary N) is 1. The van der Waals surface area contributed by atoms with Crippen molar-refractivity contribution in [3.63, 3.8) is 0 Å². The second-order valence-electron chi connectivity index (χ2n) is 5.30. The van der Waals surface area contributed by atoms with E-state index in [1.807, 2.05) is 0 Å². The van der Waals surface area contributed by atoms with E-state index in [2.05, 4.69) is 5.32 Å². The van der Waals surface area contributed by atoms with Crippen molar-refractivity contribution in [1.29, 1.82) is 0 Å². The maximum Gasteiger partial charge on any atom is 0.338 e. The molecule has 1 amide bonds. The number of hydrogen-bond acceptors (Lipinski definition) is 7. The molecule has 0 spiro atoms. The van der Waals surface area contributed by atoms with Crippen molar-refractivity contribution in [3.8, 4) is 11.5 Å². The van der Waals surface area contributed by atoms with Gasteiger partial charge in [-0.3, -0.25) is 4.79 Å². The van der Waals surface area contributed by atoms with Gasteiger partial charge in [0, 0.05) is 11.8 Å². The summed E-state index contributed by atoms with van der Waals surface area (Å²) in [7, 11) is -1.02. The number of amides is 1. The topological polar surface area (TPSA) is 134 Å². The molecule has 0 bridgehead atoms. The van der Waals surface area contributed by atoms with Gasteiger partial charge in [0.2, 0.25) is 10.0 Å². The highest BCUT2D eigenvalue weighted by Crippen LogP contribution is 2.23. The fourth-order valence-electron chi connectivity index (χ4n) is 2.09. The lowest BCUT2D eigenvalue weighted by Gasteiger charge is -2.09. The summed E-state index contributed by atoms with van der Waals surface area (Å²) in [5, 5.41) is 7.46. The quantitative estimate of drug-likeness (QED) is 0.673. The van der Waals surface area contributed by atoms with Crippen LogP contribution in [0.1, 0.15) is 10.4 Å². The van der Waals surface area contributed by atoms with E-state index < -0.39 is 28.5 Å². The Morgan fingerprint density at radius 3 is 2.22 bits per heavy atom. The number of benzene rings is 2. The fraction of sp³-hybridized carbons (Fsp3) is 0.176. The van der Waals surface area contributed by atoms with Crippen LogP contribution >= 0.6 is 0 Å². The molecule has 2 aromatic carbocycles. The molecule has 2 rings (SSSR count). The van der Waals surface area contributed by atoms with Gasteiger partial charge in [-0.25, -0.2) is 18.4 Å². The number of primary sulfonamides is 1. The van der Waals surface area contributed by atoms with Crippen LogP contribution < -0.4 is 19.9 Å². The molecule has 0 aliphatic heterocycles. The summed E-state index contributed by atoms with van der Waals surface area (Å²) in [5.41, 5.74) is 0.348. The molecule has 0 fully saturated rings. The van der Waals surface area contributed by atoms with E-state index in [9.17, 15) is 18.0 Å². The zero-order valence-corrected chi connectivity index (χ0v) is 15.4. The number of carbonyl (C=O) groups excluding carboxylic acids is 2. The second-order valence-corrected chi connectivity index (χ2v) is 6.86. The molecule has 0 heterocycles. The van der Waals surface area contributed by atoms with Crippen molar-refractivity contribution in [2.45, 2.75) is 4.90 Å². The minimum atomic E-state index is -3.90. The molecule has 0 unspecified atom stereocenters. The number of nitrogens with one attached hydrogen (secondary N) is 1. The van der Waals surface area contributed by atoms with Crippen LogP contribution in [0.15, 0.2) is 47.4 Å². The van der Waals surface area contributed by atoms with Gasteiger partial charge < -0.3 is 19.5 Å². The number of sulfonamides is 1.